The summed E-state index contributed by atoms with van der Waals surface area (Å²) < 4.78 is 5.20. The Morgan fingerprint density at radius 2 is 1.65 bits per heavy atom. The highest BCUT2D eigenvalue weighted by Gasteiger charge is 2.42. The van der Waals surface area contributed by atoms with Gasteiger partial charge in [0.05, 0.1) is 13.2 Å². The SMILES string of the molecule is COc1ccc(C2ON2C(C)c2ccc(CC(C)C)cc2)cc1. The van der Waals surface area contributed by atoms with E-state index in [4.69, 9.17) is 9.57 Å². The lowest BCUT2D eigenvalue weighted by Gasteiger charge is -2.12. The zero-order chi connectivity index (χ0) is 16.4. The second-order valence-corrected chi connectivity index (χ2v) is 6.61. The molecule has 3 nitrogen and oxygen atoms in total. The van der Waals surface area contributed by atoms with Crippen molar-refractivity contribution in [2.45, 2.75) is 39.5 Å². The van der Waals surface area contributed by atoms with Crippen LogP contribution in [0.15, 0.2) is 48.5 Å². The molecule has 1 saturated heterocycles. The molecule has 0 amide bonds. The summed E-state index contributed by atoms with van der Waals surface area (Å²) in [7, 11) is 1.68. The van der Waals surface area contributed by atoms with Gasteiger partial charge in [0.15, 0.2) is 6.23 Å². The molecule has 1 fully saturated rings. The van der Waals surface area contributed by atoms with E-state index in [-0.39, 0.29) is 12.3 Å². The molecule has 3 atom stereocenters. The first-order valence-corrected chi connectivity index (χ1v) is 8.26. The third-order valence-corrected chi connectivity index (χ3v) is 4.30. The van der Waals surface area contributed by atoms with E-state index in [1.54, 1.807) is 7.11 Å². The van der Waals surface area contributed by atoms with Crippen LogP contribution in [0.4, 0.5) is 0 Å². The van der Waals surface area contributed by atoms with Gasteiger partial charge in [0.25, 0.3) is 0 Å². The lowest BCUT2D eigenvalue weighted by molar-refractivity contribution is 0.155. The van der Waals surface area contributed by atoms with Gasteiger partial charge in [0.2, 0.25) is 0 Å². The molecule has 0 N–H and O–H groups in total. The van der Waals surface area contributed by atoms with Crippen LogP contribution in [-0.2, 0) is 11.3 Å². The quantitative estimate of drug-likeness (QED) is 0.709. The lowest BCUT2D eigenvalue weighted by Crippen LogP contribution is -2.06. The van der Waals surface area contributed by atoms with Gasteiger partial charge in [-0.05, 0) is 48.1 Å². The summed E-state index contributed by atoms with van der Waals surface area (Å²) in [6.45, 7) is 6.68. The van der Waals surface area contributed by atoms with Gasteiger partial charge in [0.1, 0.15) is 5.75 Å². The van der Waals surface area contributed by atoms with E-state index in [0.717, 1.165) is 17.7 Å². The van der Waals surface area contributed by atoms with Crippen molar-refractivity contribution in [1.82, 2.24) is 5.06 Å². The fourth-order valence-corrected chi connectivity index (χ4v) is 2.91. The second-order valence-electron chi connectivity index (χ2n) is 6.61. The molecule has 0 aromatic heterocycles. The largest absolute Gasteiger partial charge is 0.497 e. The highest BCUT2D eigenvalue weighted by atomic mass is 16.8. The van der Waals surface area contributed by atoms with E-state index in [9.17, 15) is 0 Å². The van der Waals surface area contributed by atoms with Gasteiger partial charge in [-0.25, -0.2) is 0 Å². The van der Waals surface area contributed by atoms with Gasteiger partial charge in [-0.2, -0.15) is 0 Å². The Morgan fingerprint density at radius 1 is 1.00 bits per heavy atom. The monoisotopic (exact) mass is 311 g/mol. The topological polar surface area (TPSA) is 24.8 Å². The van der Waals surface area contributed by atoms with Crippen molar-refractivity contribution in [3.63, 3.8) is 0 Å². The highest BCUT2D eigenvalue weighted by Crippen LogP contribution is 2.44. The maximum atomic E-state index is 5.78. The molecule has 0 spiro atoms. The van der Waals surface area contributed by atoms with E-state index >= 15 is 0 Å². The van der Waals surface area contributed by atoms with Gasteiger partial charge in [0, 0.05) is 0 Å². The first-order valence-electron chi connectivity index (χ1n) is 8.26. The maximum absolute atomic E-state index is 5.78. The summed E-state index contributed by atoms with van der Waals surface area (Å²) in [5, 5.41) is 2.04. The van der Waals surface area contributed by atoms with E-state index in [0.29, 0.717) is 5.92 Å². The molecule has 0 bridgehead atoms. The average Bonchev–Trinajstić information content (AvgIpc) is 3.35. The minimum absolute atomic E-state index is 0.0475. The number of hydrogen-bond donors (Lipinski definition) is 0. The third kappa shape index (κ3) is 3.74. The summed E-state index contributed by atoms with van der Waals surface area (Å²) in [4.78, 5) is 5.78. The Kier molecular flexibility index (Phi) is 4.69. The van der Waals surface area contributed by atoms with Gasteiger partial charge >= 0.3 is 0 Å². The number of nitrogens with zero attached hydrogens (tertiary/aromatic N) is 1. The summed E-state index contributed by atoms with van der Waals surface area (Å²) in [6.07, 6.45) is 1.18. The van der Waals surface area contributed by atoms with Crippen molar-refractivity contribution in [2.75, 3.05) is 7.11 Å². The highest BCUT2D eigenvalue weighted by molar-refractivity contribution is 5.30. The Morgan fingerprint density at radius 3 is 2.22 bits per heavy atom. The van der Waals surface area contributed by atoms with Crippen LogP contribution < -0.4 is 4.74 Å². The molecule has 3 rings (SSSR count). The van der Waals surface area contributed by atoms with Gasteiger partial charge < -0.3 is 4.74 Å². The molecule has 2 aromatic rings. The van der Waals surface area contributed by atoms with Crippen LogP contribution in [0.5, 0.6) is 5.75 Å². The first-order chi connectivity index (χ1) is 11.1. The smallest absolute Gasteiger partial charge is 0.180 e. The van der Waals surface area contributed by atoms with Crippen molar-refractivity contribution in [1.29, 1.82) is 0 Å². The van der Waals surface area contributed by atoms with Crippen molar-refractivity contribution in [3.05, 3.63) is 65.2 Å². The summed E-state index contributed by atoms with van der Waals surface area (Å²) in [6, 6.07) is 17.2. The number of hydroxylamine groups is 2. The van der Waals surface area contributed by atoms with Crippen LogP contribution in [0.1, 0.15) is 49.7 Å². The van der Waals surface area contributed by atoms with Gasteiger partial charge in [-0.1, -0.05) is 50.2 Å². The molecule has 122 valence electrons. The molecule has 0 radical (unpaired) electrons. The molecule has 0 saturated carbocycles. The normalized spacial score (nSPS) is 21.3. The van der Waals surface area contributed by atoms with Crippen molar-refractivity contribution in [2.24, 2.45) is 5.92 Å². The van der Waals surface area contributed by atoms with E-state index < -0.39 is 0 Å². The van der Waals surface area contributed by atoms with E-state index in [1.807, 2.05) is 17.2 Å². The third-order valence-electron chi connectivity index (χ3n) is 4.30. The van der Waals surface area contributed by atoms with E-state index in [2.05, 4.69) is 57.2 Å². The van der Waals surface area contributed by atoms with Crippen LogP contribution in [-0.4, -0.2) is 12.2 Å². The zero-order valence-corrected chi connectivity index (χ0v) is 14.3. The van der Waals surface area contributed by atoms with Crippen LogP contribution in [0.2, 0.25) is 0 Å². The molecular weight excluding hydrogens is 286 g/mol. The van der Waals surface area contributed by atoms with Crippen molar-refractivity contribution >= 4 is 0 Å². The maximum Gasteiger partial charge on any atom is 0.180 e. The number of ether oxygens (including phenoxy) is 1. The molecule has 3 heteroatoms. The summed E-state index contributed by atoms with van der Waals surface area (Å²) >= 11 is 0. The second kappa shape index (κ2) is 6.73. The zero-order valence-electron chi connectivity index (χ0n) is 14.3. The average molecular weight is 311 g/mol. The summed E-state index contributed by atoms with van der Waals surface area (Å²) in [5.74, 6) is 1.56. The lowest BCUT2D eigenvalue weighted by atomic mass is 10.00. The van der Waals surface area contributed by atoms with Crippen LogP contribution >= 0.6 is 0 Å². The fraction of sp³-hybridized carbons (Fsp3) is 0.400. The molecule has 1 heterocycles. The molecule has 1 aliphatic heterocycles. The Bertz CT molecular complexity index is 634. The van der Waals surface area contributed by atoms with Crippen molar-refractivity contribution in [3.8, 4) is 5.75 Å². The van der Waals surface area contributed by atoms with Crippen LogP contribution in [0.25, 0.3) is 0 Å². The van der Waals surface area contributed by atoms with Crippen molar-refractivity contribution < 1.29 is 9.57 Å². The molecular formula is C20H25NO2. The number of rotatable bonds is 6. The minimum atomic E-state index is 0.0475. The number of hydrogen-bond acceptors (Lipinski definition) is 3. The first kappa shape index (κ1) is 16.0. The number of benzene rings is 2. The van der Waals surface area contributed by atoms with Gasteiger partial charge in [-0.3, -0.25) is 4.84 Å². The minimum Gasteiger partial charge on any atom is -0.497 e. The molecule has 23 heavy (non-hydrogen) atoms. The van der Waals surface area contributed by atoms with Crippen LogP contribution in [0, 0.1) is 5.92 Å². The molecule has 2 aromatic carbocycles. The Hall–Kier alpha value is -1.84. The van der Waals surface area contributed by atoms with Gasteiger partial charge in [-0.15, -0.1) is 5.06 Å². The van der Waals surface area contributed by atoms with E-state index in [1.165, 1.54) is 11.1 Å². The fourth-order valence-electron chi connectivity index (χ4n) is 2.91. The Labute approximate surface area is 138 Å². The van der Waals surface area contributed by atoms with Crippen LogP contribution in [0.3, 0.4) is 0 Å². The summed E-state index contributed by atoms with van der Waals surface area (Å²) in [5.41, 5.74) is 3.84. The predicted molar refractivity (Wildman–Crippen MR) is 92.1 cm³/mol. The molecule has 3 unspecified atom stereocenters. The molecule has 1 aliphatic rings. The Balaban J connectivity index is 1.63. The molecule has 0 aliphatic carbocycles. The predicted octanol–water partition coefficient (Wildman–Crippen LogP) is 4.90. The number of methoxy groups -OCH3 is 1. The standard InChI is InChI=1S/C20H25NO2/c1-14(2)13-16-5-7-17(8-6-16)15(3)21-20(23-21)18-9-11-19(22-4)12-10-18/h5-12,14-15,20H,13H2,1-4H3.